The summed E-state index contributed by atoms with van der Waals surface area (Å²) in [5, 5.41) is 6.22. The maximum Gasteiger partial charge on any atom is 0.221 e. The lowest BCUT2D eigenvalue weighted by Crippen LogP contribution is -2.06. The third-order valence-corrected chi connectivity index (χ3v) is 3.16. The standard InChI is InChI=1S/C17H20N2O/c1-3-15-6-4-5-7-17(15)18-12-14-8-10-16(11-9-14)19-13(2)20/h4-11,18H,3,12H2,1-2H3,(H,19,20). The van der Waals surface area contributed by atoms with E-state index < -0.39 is 0 Å². The molecule has 0 bridgehead atoms. The number of hydrogen-bond donors (Lipinski definition) is 2. The van der Waals surface area contributed by atoms with E-state index in [1.165, 1.54) is 23.7 Å². The summed E-state index contributed by atoms with van der Waals surface area (Å²) in [6, 6.07) is 16.2. The van der Waals surface area contributed by atoms with Crippen LogP contribution in [-0.2, 0) is 17.8 Å². The molecule has 0 aliphatic carbocycles. The number of aryl methyl sites for hydroxylation is 1. The normalized spacial score (nSPS) is 10.1. The van der Waals surface area contributed by atoms with Crippen molar-refractivity contribution < 1.29 is 4.79 Å². The van der Waals surface area contributed by atoms with Crippen molar-refractivity contribution in [3.05, 3.63) is 59.7 Å². The number of amides is 1. The van der Waals surface area contributed by atoms with Crippen molar-refractivity contribution in [1.29, 1.82) is 0 Å². The summed E-state index contributed by atoms with van der Waals surface area (Å²) < 4.78 is 0. The predicted octanol–water partition coefficient (Wildman–Crippen LogP) is 3.82. The molecule has 0 radical (unpaired) electrons. The van der Waals surface area contributed by atoms with Gasteiger partial charge in [-0.25, -0.2) is 0 Å². The third kappa shape index (κ3) is 3.85. The average Bonchev–Trinajstić information content (AvgIpc) is 2.46. The fraction of sp³-hybridized carbons (Fsp3) is 0.235. The van der Waals surface area contributed by atoms with Gasteiger partial charge in [0.15, 0.2) is 0 Å². The highest BCUT2D eigenvalue weighted by Crippen LogP contribution is 2.17. The van der Waals surface area contributed by atoms with Gasteiger partial charge in [-0.2, -0.15) is 0 Å². The van der Waals surface area contributed by atoms with E-state index in [4.69, 9.17) is 0 Å². The van der Waals surface area contributed by atoms with Crippen LogP contribution in [0.15, 0.2) is 48.5 Å². The van der Waals surface area contributed by atoms with Crippen molar-refractivity contribution in [2.75, 3.05) is 10.6 Å². The van der Waals surface area contributed by atoms with Crippen molar-refractivity contribution in [3.63, 3.8) is 0 Å². The number of benzene rings is 2. The van der Waals surface area contributed by atoms with Gasteiger partial charge in [0.1, 0.15) is 0 Å². The van der Waals surface area contributed by atoms with Crippen LogP contribution in [0.25, 0.3) is 0 Å². The van der Waals surface area contributed by atoms with Gasteiger partial charge in [-0.05, 0) is 35.7 Å². The van der Waals surface area contributed by atoms with Gasteiger partial charge in [-0.1, -0.05) is 37.3 Å². The van der Waals surface area contributed by atoms with Crippen molar-refractivity contribution in [3.8, 4) is 0 Å². The van der Waals surface area contributed by atoms with Gasteiger partial charge < -0.3 is 10.6 Å². The van der Waals surface area contributed by atoms with Crippen molar-refractivity contribution >= 4 is 17.3 Å². The first-order valence-electron chi connectivity index (χ1n) is 6.87. The summed E-state index contributed by atoms with van der Waals surface area (Å²) in [5.41, 5.74) is 4.52. The highest BCUT2D eigenvalue weighted by molar-refractivity contribution is 5.88. The zero-order valence-corrected chi connectivity index (χ0v) is 11.9. The number of nitrogens with one attached hydrogen (secondary N) is 2. The second-order valence-electron chi connectivity index (χ2n) is 4.74. The van der Waals surface area contributed by atoms with Crippen LogP contribution >= 0.6 is 0 Å². The monoisotopic (exact) mass is 268 g/mol. The third-order valence-electron chi connectivity index (χ3n) is 3.16. The molecule has 2 aromatic carbocycles. The van der Waals surface area contributed by atoms with Gasteiger partial charge in [-0.15, -0.1) is 0 Å². The van der Waals surface area contributed by atoms with Gasteiger partial charge in [0.25, 0.3) is 0 Å². The van der Waals surface area contributed by atoms with Gasteiger partial charge in [0.2, 0.25) is 5.91 Å². The van der Waals surface area contributed by atoms with Crippen molar-refractivity contribution in [1.82, 2.24) is 0 Å². The Morgan fingerprint density at radius 3 is 2.40 bits per heavy atom. The Labute approximate surface area is 120 Å². The molecule has 2 rings (SSSR count). The first-order chi connectivity index (χ1) is 9.69. The van der Waals surface area contributed by atoms with Crippen LogP contribution in [0.5, 0.6) is 0 Å². The maximum absolute atomic E-state index is 11.0. The maximum atomic E-state index is 11.0. The molecule has 0 spiro atoms. The van der Waals surface area contributed by atoms with Crippen LogP contribution in [0.1, 0.15) is 25.0 Å². The Morgan fingerprint density at radius 1 is 1.05 bits per heavy atom. The summed E-state index contributed by atoms with van der Waals surface area (Å²) in [5.74, 6) is -0.0484. The minimum Gasteiger partial charge on any atom is -0.381 e. The lowest BCUT2D eigenvalue weighted by Gasteiger charge is -2.11. The molecule has 0 aliphatic rings. The van der Waals surface area contributed by atoms with Crippen LogP contribution in [0.3, 0.4) is 0 Å². The Kier molecular flexibility index (Phi) is 4.77. The summed E-state index contributed by atoms with van der Waals surface area (Å²) in [7, 11) is 0. The lowest BCUT2D eigenvalue weighted by atomic mass is 10.1. The molecule has 1 amide bonds. The molecule has 0 atom stereocenters. The van der Waals surface area contributed by atoms with E-state index in [0.717, 1.165) is 18.7 Å². The van der Waals surface area contributed by atoms with Crippen LogP contribution in [0.2, 0.25) is 0 Å². The van der Waals surface area contributed by atoms with Gasteiger partial charge in [-0.3, -0.25) is 4.79 Å². The molecule has 0 saturated carbocycles. The zero-order chi connectivity index (χ0) is 14.4. The van der Waals surface area contributed by atoms with Gasteiger partial charge in [0.05, 0.1) is 0 Å². The van der Waals surface area contributed by atoms with E-state index in [9.17, 15) is 4.79 Å². The number of carbonyl (C=O) groups excluding carboxylic acids is 1. The average molecular weight is 268 g/mol. The number of anilines is 2. The molecular formula is C17H20N2O. The molecule has 2 aromatic rings. The van der Waals surface area contributed by atoms with E-state index in [1.54, 1.807) is 0 Å². The Bertz CT molecular complexity index is 576. The predicted molar refractivity (Wildman–Crippen MR) is 83.9 cm³/mol. The summed E-state index contributed by atoms with van der Waals surface area (Å²) in [6.45, 7) is 4.44. The van der Waals surface area contributed by atoms with Gasteiger partial charge in [0, 0.05) is 24.8 Å². The molecule has 0 aromatic heterocycles. The molecule has 3 heteroatoms. The fourth-order valence-electron chi connectivity index (χ4n) is 2.11. The quantitative estimate of drug-likeness (QED) is 0.865. The van der Waals surface area contributed by atoms with Crippen molar-refractivity contribution in [2.24, 2.45) is 0 Å². The minimum absolute atomic E-state index is 0.0484. The Morgan fingerprint density at radius 2 is 1.75 bits per heavy atom. The second-order valence-corrected chi connectivity index (χ2v) is 4.74. The van der Waals surface area contributed by atoms with Gasteiger partial charge >= 0.3 is 0 Å². The van der Waals surface area contributed by atoms with E-state index in [0.29, 0.717) is 0 Å². The SMILES string of the molecule is CCc1ccccc1NCc1ccc(NC(C)=O)cc1. The van der Waals surface area contributed by atoms with Crippen LogP contribution in [-0.4, -0.2) is 5.91 Å². The second kappa shape index (κ2) is 6.75. The number of para-hydroxylation sites is 1. The largest absolute Gasteiger partial charge is 0.381 e. The number of carbonyl (C=O) groups is 1. The first kappa shape index (κ1) is 14.1. The summed E-state index contributed by atoms with van der Waals surface area (Å²) in [6.07, 6.45) is 1.02. The Balaban J connectivity index is 1.98. The van der Waals surface area contributed by atoms with E-state index in [2.05, 4.69) is 35.8 Å². The van der Waals surface area contributed by atoms with Crippen molar-refractivity contribution in [2.45, 2.75) is 26.8 Å². The minimum atomic E-state index is -0.0484. The summed E-state index contributed by atoms with van der Waals surface area (Å²) >= 11 is 0. The molecule has 0 fully saturated rings. The number of rotatable bonds is 5. The van der Waals surface area contributed by atoms with Crippen LogP contribution in [0.4, 0.5) is 11.4 Å². The highest BCUT2D eigenvalue weighted by atomic mass is 16.1. The molecule has 0 saturated heterocycles. The van der Waals surface area contributed by atoms with E-state index in [-0.39, 0.29) is 5.91 Å². The highest BCUT2D eigenvalue weighted by Gasteiger charge is 2.00. The van der Waals surface area contributed by atoms with Crippen LogP contribution < -0.4 is 10.6 Å². The molecule has 2 N–H and O–H groups in total. The molecule has 0 aliphatic heterocycles. The first-order valence-corrected chi connectivity index (χ1v) is 6.87. The molecule has 0 unspecified atom stereocenters. The topological polar surface area (TPSA) is 41.1 Å². The van der Waals surface area contributed by atoms with Crippen LogP contribution in [0, 0.1) is 0 Å². The zero-order valence-electron chi connectivity index (χ0n) is 11.9. The number of hydrogen-bond acceptors (Lipinski definition) is 2. The van der Waals surface area contributed by atoms with E-state index in [1.807, 2.05) is 30.3 Å². The smallest absolute Gasteiger partial charge is 0.221 e. The van der Waals surface area contributed by atoms with E-state index >= 15 is 0 Å². The Hall–Kier alpha value is -2.29. The lowest BCUT2D eigenvalue weighted by molar-refractivity contribution is -0.114. The molecule has 20 heavy (non-hydrogen) atoms. The molecule has 3 nitrogen and oxygen atoms in total. The fourth-order valence-corrected chi connectivity index (χ4v) is 2.11. The summed E-state index contributed by atoms with van der Waals surface area (Å²) in [4.78, 5) is 11.0. The molecular weight excluding hydrogens is 248 g/mol. The molecule has 104 valence electrons. The molecule has 0 heterocycles.